The fourth-order valence-corrected chi connectivity index (χ4v) is 8.66. The molecule has 0 radical (unpaired) electrons. The minimum atomic E-state index is -0.650. The summed E-state index contributed by atoms with van der Waals surface area (Å²) in [5.41, 5.74) is 0.483. The first-order valence-corrected chi connectivity index (χ1v) is 15.5. The van der Waals surface area contributed by atoms with Gasteiger partial charge in [-0.3, -0.25) is 4.79 Å². The molecule has 5 heteroatoms. The first-order chi connectivity index (χ1) is 17.4. The zero-order chi connectivity index (χ0) is 27.3. The summed E-state index contributed by atoms with van der Waals surface area (Å²) >= 11 is 0. The van der Waals surface area contributed by atoms with Crippen LogP contribution in [0.4, 0.5) is 0 Å². The highest BCUT2D eigenvalue weighted by Gasteiger charge is 2.52. The van der Waals surface area contributed by atoms with Crippen LogP contribution in [0, 0.1) is 40.4 Å². The van der Waals surface area contributed by atoms with Gasteiger partial charge in [-0.15, -0.1) is 0 Å². The molecule has 0 aliphatic heterocycles. The molecule has 2 N–H and O–H groups in total. The van der Waals surface area contributed by atoms with Crippen molar-refractivity contribution in [3.05, 3.63) is 0 Å². The summed E-state index contributed by atoms with van der Waals surface area (Å²) in [7, 11) is 0. The van der Waals surface area contributed by atoms with Crippen molar-refractivity contribution in [1.29, 1.82) is 0 Å². The SMILES string of the molecule is C[C@H](CCC(=O)O)[C@H]1CC[C@H]2[C@H](CC[C@@H]3C[C@H](OCCOC(C)(C)CCO)CCC3(C)C)CCC[C@]12C. The second-order valence-corrected chi connectivity index (χ2v) is 14.5. The summed E-state index contributed by atoms with van der Waals surface area (Å²) in [6.45, 7) is 15.2. The molecule has 3 aliphatic carbocycles. The van der Waals surface area contributed by atoms with Crippen LogP contribution in [-0.2, 0) is 14.3 Å². The minimum Gasteiger partial charge on any atom is -0.481 e. The molecule has 3 fully saturated rings. The van der Waals surface area contributed by atoms with Gasteiger partial charge in [0.15, 0.2) is 0 Å². The van der Waals surface area contributed by atoms with E-state index in [1.807, 2.05) is 13.8 Å². The summed E-state index contributed by atoms with van der Waals surface area (Å²) in [5, 5.41) is 18.4. The Bertz CT molecular complexity index is 718. The van der Waals surface area contributed by atoms with E-state index in [1.165, 1.54) is 51.4 Å². The number of aliphatic hydroxyl groups is 1. The molecule has 0 aromatic carbocycles. The summed E-state index contributed by atoms with van der Waals surface area (Å²) in [4.78, 5) is 11.2. The van der Waals surface area contributed by atoms with Gasteiger partial charge in [0.25, 0.3) is 0 Å². The number of ether oxygens (including phenoxy) is 2. The maximum atomic E-state index is 11.2. The standard InChI is InChI=1S/C32H58O5/c1-23(9-14-29(34)35)27-12-13-28-24(8-7-16-32(27,28)6)10-11-25-22-26(15-17-30(25,2)3)36-20-21-37-31(4,5)18-19-33/h23-28,33H,7-22H2,1-6H3,(H,34,35)/t23-,24+,25-,26-,27-,28+,32-/m1/s1. The van der Waals surface area contributed by atoms with E-state index in [2.05, 4.69) is 27.7 Å². The van der Waals surface area contributed by atoms with Crippen LogP contribution in [0.3, 0.4) is 0 Å². The van der Waals surface area contributed by atoms with Crippen LogP contribution in [0.15, 0.2) is 0 Å². The van der Waals surface area contributed by atoms with Gasteiger partial charge in [0.2, 0.25) is 0 Å². The molecule has 0 aromatic rings. The van der Waals surface area contributed by atoms with Crippen LogP contribution in [0.25, 0.3) is 0 Å². The molecule has 0 bridgehead atoms. The van der Waals surface area contributed by atoms with Crippen LogP contribution < -0.4 is 0 Å². The van der Waals surface area contributed by atoms with E-state index in [0.717, 1.165) is 31.1 Å². The van der Waals surface area contributed by atoms with E-state index in [4.69, 9.17) is 9.47 Å². The number of aliphatic hydroxyl groups excluding tert-OH is 1. The Labute approximate surface area is 227 Å². The molecule has 3 saturated carbocycles. The minimum absolute atomic E-state index is 0.151. The molecular formula is C32H58O5. The van der Waals surface area contributed by atoms with E-state index in [0.29, 0.717) is 60.7 Å². The molecule has 0 amide bonds. The van der Waals surface area contributed by atoms with E-state index in [9.17, 15) is 15.0 Å². The normalized spacial score (nSPS) is 34.7. The third-order valence-electron chi connectivity index (χ3n) is 11.1. The Balaban J connectivity index is 1.51. The average Bonchev–Trinajstić information content (AvgIpc) is 3.17. The third kappa shape index (κ3) is 8.18. The lowest BCUT2D eigenvalue weighted by atomic mass is 9.57. The Morgan fingerprint density at radius 3 is 2.51 bits per heavy atom. The fourth-order valence-electron chi connectivity index (χ4n) is 8.66. The molecule has 0 spiro atoms. The van der Waals surface area contributed by atoms with Crippen LogP contribution in [0.5, 0.6) is 0 Å². The molecule has 7 atom stereocenters. The first-order valence-electron chi connectivity index (χ1n) is 15.5. The van der Waals surface area contributed by atoms with Crippen molar-refractivity contribution < 1.29 is 24.5 Å². The molecule has 0 aromatic heterocycles. The summed E-state index contributed by atoms with van der Waals surface area (Å²) in [6, 6.07) is 0. The number of rotatable bonds is 14. The van der Waals surface area contributed by atoms with Gasteiger partial charge in [0.1, 0.15) is 0 Å². The summed E-state index contributed by atoms with van der Waals surface area (Å²) in [6.07, 6.45) is 15.0. The highest BCUT2D eigenvalue weighted by atomic mass is 16.5. The maximum absolute atomic E-state index is 11.2. The molecule has 0 saturated heterocycles. The van der Waals surface area contributed by atoms with E-state index >= 15 is 0 Å². The quantitative estimate of drug-likeness (QED) is 0.231. The topological polar surface area (TPSA) is 76.0 Å². The Morgan fingerprint density at radius 1 is 1.05 bits per heavy atom. The number of carboxylic acid groups (broad SMARTS) is 1. The van der Waals surface area contributed by atoms with E-state index in [1.54, 1.807) is 0 Å². The van der Waals surface area contributed by atoms with Crippen molar-refractivity contribution in [3.63, 3.8) is 0 Å². The van der Waals surface area contributed by atoms with Gasteiger partial charge in [-0.2, -0.15) is 0 Å². The molecule has 5 nitrogen and oxygen atoms in total. The largest absolute Gasteiger partial charge is 0.481 e. The van der Waals surface area contributed by atoms with Crippen molar-refractivity contribution in [1.82, 2.24) is 0 Å². The Kier molecular flexibility index (Phi) is 11.0. The smallest absolute Gasteiger partial charge is 0.303 e. The molecule has 3 rings (SSSR count). The first kappa shape index (κ1) is 30.9. The number of carbonyl (C=O) groups is 1. The third-order valence-corrected chi connectivity index (χ3v) is 11.1. The molecule has 37 heavy (non-hydrogen) atoms. The van der Waals surface area contributed by atoms with Crippen molar-refractivity contribution in [2.75, 3.05) is 19.8 Å². The van der Waals surface area contributed by atoms with Crippen molar-refractivity contribution in [2.45, 2.75) is 137 Å². The van der Waals surface area contributed by atoms with Gasteiger partial charge >= 0.3 is 5.97 Å². The van der Waals surface area contributed by atoms with Crippen molar-refractivity contribution >= 4 is 5.97 Å². The average molecular weight is 523 g/mol. The van der Waals surface area contributed by atoms with Gasteiger partial charge in [0.05, 0.1) is 24.9 Å². The lowest BCUT2D eigenvalue weighted by molar-refractivity contribution is -0.137. The summed E-state index contributed by atoms with van der Waals surface area (Å²) < 4.78 is 12.3. The van der Waals surface area contributed by atoms with Gasteiger partial charge < -0.3 is 19.7 Å². The maximum Gasteiger partial charge on any atom is 0.303 e. The zero-order valence-corrected chi connectivity index (χ0v) is 24.9. The zero-order valence-electron chi connectivity index (χ0n) is 24.9. The molecule has 216 valence electrons. The monoisotopic (exact) mass is 522 g/mol. The van der Waals surface area contributed by atoms with E-state index < -0.39 is 5.97 Å². The highest BCUT2D eigenvalue weighted by molar-refractivity contribution is 5.66. The lowest BCUT2D eigenvalue weighted by Gasteiger charge is -2.48. The van der Waals surface area contributed by atoms with Crippen LogP contribution in [-0.4, -0.2) is 47.7 Å². The number of hydrogen-bond acceptors (Lipinski definition) is 4. The van der Waals surface area contributed by atoms with Gasteiger partial charge in [-0.1, -0.05) is 40.5 Å². The molecular weight excluding hydrogens is 464 g/mol. The molecule has 3 aliphatic rings. The Hall–Kier alpha value is -0.650. The van der Waals surface area contributed by atoms with Crippen LogP contribution >= 0.6 is 0 Å². The second kappa shape index (κ2) is 13.1. The number of aliphatic carboxylic acids is 1. The van der Waals surface area contributed by atoms with Crippen molar-refractivity contribution in [2.24, 2.45) is 40.4 Å². The van der Waals surface area contributed by atoms with E-state index in [-0.39, 0.29) is 12.2 Å². The predicted molar refractivity (Wildman–Crippen MR) is 150 cm³/mol. The van der Waals surface area contributed by atoms with Gasteiger partial charge in [0, 0.05) is 13.0 Å². The fraction of sp³-hybridized carbons (Fsp3) is 0.969. The van der Waals surface area contributed by atoms with Gasteiger partial charge in [-0.05, 0) is 118 Å². The number of fused-ring (bicyclic) bond motifs is 1. The summed E-state index contributed by atoms with van der Waals surface area (Å²) in [5.74, 6) is 2.90. The predicted octanol–water partition coefficient (Wildman–Crippen LogP) is 7.49. The van der Waals surface area contributed by atoms with Crippen molar-refractivity contribution in [3.8, 4) is 0 Å². The molecule has 0 heterocycles. The van der Waals surface area contributed by atoms with Crippen LogP contribution in [0.2, 0.25) is 0 Å². The Morgan fingerprint density at radius 2 is 1.81 bits per heavy atom. The molecule has 0 unspecified atom stereocenters. The number of hydrogen-bond donors (Lipinski definition) is 2. The highest BCUT2D eigenvalue weighted by Crippen LogP contribution is 2.61. The van der Waals surface area contributed by atoms with Gasteiger partial charge in [-0.25, -0.2) is 0 Å². The second-order valence-electron chi connectivity index (χ2n) is 14.5. The lowest BCUT2D eigenvalue weighted by Crippen LogP contribution is -2.40. The number of carboxylic acids is 1. The van der Waals surface area contributed by atoms with Crippen LogP contribution in [0.1, 0.15) is 125 Å².